The van der Waals surface area contributed by atoms with Gasteiger partial charge in [-0.2, -0.15) is 0 Å². The maximum Gasteiger partial charge on any atom is 0.219 e. The summed E-state index contributed by atoms with van der Waals surface area (Å²) >= 11 is 9.20. The number of pyridine rings is 1. The standard InChI is InChI=1S/C15H9ClN2OS2/c1-8-18-14-12(21-8)6-11(10-4-5-20-15(10)14)19-13-3-2-9(16)7-17-13/h2-7H,1H3. The Hall–Kier alpha value is -1.69. The highest BCUT2D eigenvalue weighted by Crippen LogP contribution is 2.40. The molecule has 3 heterocycles. The lowest BCUT2D eigenvalue weighted by Crippen LogP contribution is -1.87. The van der Waals surface area contributed by atoms with Crippen LogP contribution in [0.15, 0.2) is 35.8 Å². The lowest BCUT2D eigenvalue weighted by atomic mass is 10.2. The van der Waals surface area contributed by atoms with Gasteiger partial charge in [0.25, 0.3) is 0 Å². The van der Waals surface area contributed by atoms with Crippen molar-refractivity contribution in [2.45, 2.75) is 6.92 Å². The number of aromatic nitrogens is 2. The molecule has 4 aromatic rings. The van der Waals surface area contributed by atoms with Gasteiger partial charge in [-0.05, 0) is 24.4 Å². The quantitative estimate of drug-likeness (QED) is 0.475. The topological polar surface area (TPSA) is 35.0 Å². The predicted octanol–water partition coefficient (Wildman–Crippen LogP) is 5.66. The second-order valence-electron chi connectivity index (χ2n) is 4.53. The Kier molecular flexibility index (Phi) is 3.06. The first kappa shape index (κ1) is 13.0. The second-order valence-corrected chi connectivity index (χ2v) is 7.12. The molecule has 0 saturated carbocycles. The summed E-state index contributed by atoms with van der Waals surface area (Å²) in [5.41, 5.74) is 1.05. The van der Waals surface area contributed by atoms with E-state index in [0.29, 0.717) is 10.9 Å². The number of thiophene rings is 1. The Labute approximate surface area is 133 Å². The minimum absolute atomic E-state index is 0.535. The van der Waals surface area contributed by atoms with Crippen molar-refractivity contribution in [3.63, 3.8) is 0 Å². The average molecular weight is 333 g/mol. The molecule has 0 aliphatic carbocycles. The molecule has 3 aromatic heterocycles. The van der Waals surface area contributed by atoms with Gasteiger partial charge in [0.2, 0.25) is 5.88 Å². The third-order valence-corrected chi connectivity index (χ3v) is 5.15. The molecule has 0 unspecified atom stereocenters. The number of hydrogen-bond donors (Lipinski definition) is 0. The summed E-state index contributed by atoms with van der Waals surface area (Å²) < 4.78 is 8.22. The number of hydrogen-bond acceptors (Lipinski definition) is 5. The van der Waals surface area contributed by atoms with Crippen LogP contribution >= 0.6 is 34.3 Å². The third kappa shape index (κ3) is 2.27. The number of fused-ring (bicyclic) bond motifs is 3. The number of nitrogens with zero attached hydrogens (tertiary/aromatic N) is 2. The molecule has 1 aromatic carbocycles. The Morgan fingerprint density at radius 2 is 2.14 bits per heavy atom. The number of halogens is 1. The van der Waals surface area contributed by atoms with Gasteiger partial charge in [-0.1, -0.05) is 11.6 Å². The zero-order valence-electron chi connectivity index (χ0n) is 11.0. The summed E-state index contributed by atoms with van der Waals surface area (Å²) in [5, 5.41) is 4.77. The van der Waals surface area contributed by atoms with Crippen LogP contribution in [0.1, 0.15) is 5.01 Å². The molecule has 0 N–H and O–H groups in total. The first-order valence-electron chi connectivity index (χ1n) is 6.27. The molecule has 0 fully saturated rings. The highest BCUT2D eigenvalue weighted by atomic mass is 35.5. The van der Waals surface area contributed by atoms with Crippen molar-refractivity contribution in [3.05, 3.63) is 45.9 Å². The van der Waals surface area contributed by atoms with Crippen molar-refractivity contribution in [1.82, 2.24) is 9.97 Å². The van der Waals surface area contributed by atoms with Gasteiger partial charge in [-0.3, -0.25) is 0 Å². The van der Waals surface area contributed by atoms with E-state index in [4.69, 9.17) is 16.3 Å². The van der Waals surface area contributed by atoms with Crippen molar-refractivity contribution in [2.24, 2.45) is 0 Å². The van der Waals surface area contributed by atoms with Crippen molar-refractivity contribution in [2.75, 3.05) is 0 Å². The van der Waals surface area contributed by atoms with Crippen LogP contribution in [0.5, 0.6) is 11.6 Å². The fourth-order valence-corrected chi connectivity index (χ4v) is 4.15. The maximum absolute atomic E-state index is 5.94. The fourth-order valence-electron chi connectivity index (χ4n) is 2.21. The summed E-state index contributed by atoms with van der Waals surface area (Å²) in [6, 6.07) is 7.62. The van der Waals surface area contributed by atoms with Crippen LogP contribution in [0.2, 0.25) is 5.02 Å². The number of thiazole rings is 1. The van der Waals surface area contributed by atoms with E-state index < -0.39 is 0 Å². The third-order valence-electron chi connectivity index (χ3n) is 3.08. The smallest absolute Gasteiger partial charge is 0.219 e. The molecule has 4 rings (SSSR count). The first-order valence-corrected chi connectivity index (χ1v) is 8.35. The zero-order chi connectivity index (χ0) is 14.4. The fraction of sp³-hybridized carbons (Fsp3) is 0.0667. The van der Waals surface area contributed by atoms with E-state index in [9.17, 15) is 0 Å². The summed E-state index contributed by atoms with van der Waals surface area (Å²) in [7, 11) is 0. The molecule has 0 aliphatic rings. The SMILES string of the molecule is Cc1nc2c(cc(Oc3ccc(Cl)cn3)c3ccsc32)s1. The average Bonchev–Trinajstić information content (AvgIpc) is 3.07. The maximum atomic E-state index is 5.94. The van der Waals surface area contributed by atoms with Gasteiger partial charge < -0.3 is 4.74 Å². The number of benzene rings is 1. The first-order chi connectivity index (χ1) is 10.2. The van der Waals surface area contributed by atoms with Crippen molar-refractivity contribution < 1.29 is 4.74 Å². The van der Waals surface area contributed by atoms with Gasteiger partial charge in [0.15, 0.2) is 0 Å². The van der Waals surface area contributed by atoms with E-state index in [1.54, 1.807) is 41.0 Å². The second kappa shape index (κ2) is 4.94. The number of ether oxygens (including phenoxy) is 1. The van der Waals surface area contributed by atoms with E-state index in [1.165, 1.54) is 0 Å². The van der Waals surface area contributed by atoms with Crippen LogP contribution in [0.4, 0.5) is 0 Å². The Morgan fingerprint density at radius 1 is 1.24 bits per heavy atom. The van der Waals surface area contributed by atoms with Gasteiger partial charge in [-0.15, -0.1) is 22.7 Å². The van der Waals surface area contributed by atoms with Crippen LogP contribution in [-0.2, 0) is 0 Å². The number of rotatable bonds is 2. The van der Waals surface area contributed by atoms with Gasteiger partial charge in [0, 0.05) is 23.7 Å². The monoisotopic (exact) mass is 332 g/mol. The largest absolute Gasteiger partial charge is 0.438 e. The number of aryl methyl sites for hydroxylation is 1. The van der Waals surface area contributed by atoms with Crippen molar-refractivity contribution >= 4 is 54.6 Å². The molecule has 21 heavy (non-hydrogen) atoms. The highest BCUT2D eigenvalue weighted by Gasteiger charge is 2.13. The molecular weight excluding hydrogens is 324 g/mol. The molecule has 0 saturated heterocycles. The molecule has 0 bridgehead atoms. The summed E-state index contributed by atoms with van der Waals surface area (Å²) in [4.78, 5) is 8.80. The van der Waals surface area contributed by atoms with Crippen LogP contribution in [-0.4, -0.2) is 9.97 Å². The minimum Gasteiger partial charge on any atom is -0.438 e. The molecule has 0 atom stereocenters. The molecule has 6 heteroatoms. The van der Waals surface area contributed by atoms with Gasteiger partial charge in [0.1, 0.15) is 5.75 Å². The van der Waals surface area contributed by atoms with E-state index in [0.717, 1.165) is 31.1 Å². The molecule has 3 nitrogen and oxygen atoms in total. The molecular formula is C15H9ClN2OS2. The van der Waals surface area contributed by atoms with Crippen molar-refractivity contribution in [1.29, 1.82) is 0 Å². The predicted molar refractivity (Wildman–Crippen MR) is 89.1 cm³/mol. The molecule has 0 aliphatic heterocycles. The van der Waals surface area contributed by atoms with E-state index >= 15 is 0 Å². The minimum atomic E-state index is 0.535. The normalized spacial score (nSPS) is 11.3. The van der Waals surface area contributed by atoms with Crippen LogP contribution in [0.25, 0.3) is 20.3 Å². The van der Waals surface area contributed by atoms with Crippen LogP contribution in [0.3, 0.4) is 0 Å². The van der Waals surface area contributed by atoms with Gasteiger partial charge in [0.05, 0.1) is 24.9 Å². The molecule has 104 valence electrons. The summed E-state index contributed by atoms with van der Waals surface area (Å²) in [6.07, 6.45) is 1.58. The Morgan fingerprint density at radius 3 is 2.95 bits per heavy atom. The lowest BCUT2D eigenvalue weighted by molar-refractivity contribution is 0.469. The van der Waals surface area contributed by atoms with Gasteiger partial charge in [-0.25, -0.2) is 9.97 Å². The van der Waals surface area contributed by atoms with E-state index in [2.05, 4.69) is 21.4 Å². The Balaban J connectivity index is 1.89. The van der Waals surface area contributed by atoms with Crippen LogP contribution < -0.4 is 4.74 Å². The Bertz CT molecular complexity index is 944. The van der Waals surface area contributed by atoms with E-state index in [1.807, 2.05) is 13.0 Å². The van der Waals surface area contributed by atoms with E-state index in [-0.39, 0.29) is 0 Å². The molecule has 0 amide bonds. The summed E-state index contributed by atoms with van der Waals surface area (Å²) in [5.74, 6) is 1.34. The molecule has 0 radical (unpaired) electrons. The lowest BCUT2D eigenvalue weighted by Gasteiger charge is -2.06. The molecule has 0 spiro atoms. The zero-order valence-corrected chi connectivity index (χ0v) is 13.4. The van der Waals surface area contributed by atoms with Gasteiger partial charge >= 0.3 is 0 Å². The summed E-state index contributed by atoms with van der Waals surface area (Å²) in [6.45, 7) is 2.02. The van der Waals surface area contributed by atoms with Crippen LogP contribution in [0, 0.1) is 6.92 Å². The van der Waals surface area contributed by atoms with Crippen molar-refractivity contribution in [3.8, 4) is 11.6 Å². The highest BCUT2D eigenvalue weighted by molar-refractivity contribution is 7.21.